The summed E-state index contributed by atoms with van der Waals surface area (Å²) in [6, 6.07) is 1.60. The number of hydrogen-bond acceptors (Lipinski definition) is 4. The normalized spacial score (nSPS) is 29.1. The third-order valence-corrected chi connectivity index (χ3v) is 4.21. The number of nitrogens with zero attached hydrogens (tertiary/aromatic N) is 1. The Morgan fingerprint density at radius 3 is 3.00 bits per heavy atom. The highest BCUT2D eigenvalue weighted by atomic mass is 16.5. The second-order valence-corrected chi connectivity index (χ2v) is 5.68. The molecule has 1 aromatic heterocycles. The Morgan fingerprint density at radius 1 is 1.58 bits per heavy atom. The van der Waals surface area contributed by atoms with Crippen LogP contribution in [0.3, 0.4) is 0 Å². The fraction of sp³-hybridized carbons (Fsp3) is 0.667. The predicted molar refractivity (Wildman–Crippen MR) is 77.6 cm³/mol. The Bertz CT molecular complexity index is 420. The zero-order valence-electron chi connectivity index (χ0n) is 11.9. The molecule has 4 nitrogen and oxygen atoms in total. The molecule has 0 amide bonds. The van der Waals surface area contributed by atoms with Crippen LogP contribution < -0.4 is 11.5 Å². The van der Waals surface area contributed by atoms with E-state index in [9.17, 15) is 0 Å². The van der Waals surface area contributed by atoms with Gasteiger partial charge in [0, 0.05) is 30.3 Å². The summed E-state index contributed by atoms with van der Waals surface area (Å²) >= 11 is 0. The summed E-state index contributed by atoms with van der Waals surface area (Å²) in [6.07, 6.45) is 7.89. The molecule has 0 saturated heterocycles. The number of nitrogen functional groups attached to an aromatic ring is 1. The van der Waals surface area contributed by atoms with Gasteiger partial charge in [-0.15, -0.1) is 0 Å². The van der Waals surface area contributed by atoms with Gasteiger partial charge in [0.2, 0.25) is 0 Å². The highest BCUT2D eigenvalue weighted by Gasteiger charge is 2.42. The van der Waals surface area contributed by atoms with Gasteiger partial charge in [0.05, 0.1) is 11.6 Å². The molecule has 0 bridgehead atoms. The van der Waals surface area contributed by atoms with Crippen LogP contribution >= 0.6 is 0 Å². The summed E-state index contributed by atoms with van der Waals surface area (Å²) in [6.45, 7) is 4.98. The molecule has 0 aliphatic heterocycles. The van der Waals surface area contributed by atoms with Crippen LogP contribution in [0, 0.1) is 5.92 Å². The quantitative estimate of drug-likeness (QED) is 0.875. The van der Waals surface area contributed by atoms with Crippen molar-refractivity contribution in [3.05, 3.63) is 24.0 Å². The van der Waals surface area contributed by atoms with Gasteiger partial charge in [-0.25, -0.2) is 0 Å². The first kappa shape index (κ1) is 14.3. The van der Waals surface area contributed by atoms with Crippen LogP contribution in [0.25, 0.3) is 0 Å². The summed E-state index contributed by atoms with van der Waals surface area (Å²) in [5, 5.41) is 0. The lowest BCUT2D eigenvalue weighted by molar-refractivity contribution is -0.0937. The molecule has 3 atom stereocenters. The number of rotatable bonds is 4. The molecular formula is C15H25N3O. The molecule has 1 aliphatic rings. The first-order valence-corrected chi connectivity index (χ1v) is 7.18. The van der Waals surface area contributed by atoms with Crippen molar-refractivity contribution < 1.29 is 4.74 Å². The van der Waals surface area contributed by atoms with Gasteiger partial charge in [0.25, 0.3) is 0 Å². The van der Waals surface area contributed by atoms with Gasteiger partial charge in [0.1, 0.15) is 0 Å². The van der Waals surface area contributed by atoms with E-state index < -0.39 is 0 Å². The van der Waals surface area contributed by atoms with Crippen molar-refractivity contribution in [2.24, 2.45) is 11.7 Å². The first-order chi connectivity index (χ1) is 9.09. The van der Waals surface area contributed by atoms with Crippen molar-refractivity contribution in [3.8, 4) is 0 Å². The van der Waals surface area contributed by atoms with Gasteiger partial charge in [0.15, 0.2) is 0 Å². The van der Waals surface area contributed by atoms with E-state index in [1.807, 2.05) is 6.92 Å². The Kier molecular flexibility index (Phi) is 4.42. The second kappa shape index (κ2) is 5.88. The Balaban J connectivity index is 2.30. The molecular weight excluding hydrogens is 238 g/mol. The summed E-state index contributed by atoms with van der Waals surface area (Å²) in [5.74, 6) is 0.643. The maximum absolute atomic E-state index is 6.51. The molecule has 0 spiro atoms. The molecule has 1 aliphatic carbocycles. The van der Waals surface area contributed by atoms with Crippen LogP contribution in [0.1, 0.15) is 51.1 Å². The van der Waals surface area contributed by atoms with E-state index in [1.54, 1.807) is 18.5 Å². The number of pyridine rings is 1. The SMILES string of the molecule is CCOC1(C(N)c2cnccc2N)CCCC(C)C1. The number of anilines is 1. The van der Waals surface area contributed by atoms with Gasteiger partial charge >= 0.3 is 0 Å². The molecule has 1 heterocycles. The minimum Gasteiger partial charge on any atom is -0.398 e. The second-order valence-electron chi connectivity index (χ2n) is 5.68. The average Bonchev–Trinajstić information content (AvgIpc) is 2.39. The van der Waals surface area contributed by atoms with E-state index in [0.29, 0.717) is 18.2 Å². The lowest BCUT2D eigenvalue weighted by Gasteiger charge is -2.44. The average molecular weight is 263 g/mol. The fourth-order valence-electron chi connectivity index (χ4n) is 3.30. The monoisotopic (exact) mass is 263 g/mol. The van der Waals surface area contributed by atoms with Gasteiger partial charge in [-0.1, -0.05) is 19.8 Å². The lowest BCUT2D eigenvalue weighted by Crippen LogP contribution is -2.47. The Labute approximate surface area is 115 Å². The molecule has 106 valence electrons. The maximum atomic E-state index is 6.51. The zero-order chi connectivity index (χ0) is 13.9. The molecule has 0 aromatic carbocycles. The van der Waals surface area contributed by atoms with Crippen LogP contribution in [-0.2, 0) is 4.74 Å². The molecule has 4 N–H and O–H groups in total. The highest BCUT2D eigenvalue weighted by Crippen LogP contribution is 2.43. The topological polar surface area (TPSA) is 74.2 Å². The number of aromatic nitrogens is 1. The summed E-state index contributed by atoms with van der Waals surface area (Å²) < 4.78 is 6.10. The first-order valence-electron chi connectivity index (χ1n) is 7.18. The van der Waals surface area contributed by atoms with Gasteiger partial charge in [-0.3, -0.25) is 4.98 Å². The summed E-state index contributed by atoms with van der Waals surface area (Å²) in [5.41, 5.74) is 13.9. The molecule has 0 radical (unpaired) electrons. The molecule has 1 aromatic rings. The predicted octanol–water partition coefficient (Wildman–Crippen LogP) is 2.65. The van der Waals surface area contributed by atoms with E-state index in [2.05, 4.69) is 11.9 Å². The number of ether oxygens (including phenoxy) is 1. The van der Waals surface area contributed by atoms with E-state index in [4.69, 9.17) is 16.2 Å². The molecule has 1 fully saturated rings. The van der Waals surface area contributed by atoms with Crippen molar-refractivity contribution in [1.82, 2.24) is 4.98 Å². The standard InChI is InChI=1S/C15H25N3O/c1-3-19-15(7-4-5-11(2)9-15)14(17)12-10-18-8-6-13(12)16/h6,8,10-11,14H,3-5,7,9,17H2,1-2H3,(H2,16,18). The summed E-state index contributed by atoms with van der Waals surface area (Å²) in [7, 11) is 0. The van der Waals surface area contributed by atoms with Crippen molar-refractivity contribution in [3.63, 3.8) is 0 Å². The van der Waals surface area contributed by atoms with Crippen LogP contribution in [0.2, 0.25) is 0 Å². The molecule has 1 saturated carbocycles. The summed E-state index contributed by atoms with van der Waals surface area (Å²) in [4.78, 5) is 4.16. The molecule has 4 heteroatoms. The van der Waals surface area contributed by atoms with Crippen molar-refractivity contribution in [2.45, 2.75) is 51.2 Å². The minimum atomic E-state index is -0.288. The fourth-order valence-corrected chi connectivity index (χ4v) is 3.30. The molecule has 3 unspecified atom stereocenters. The van der Waals surface area contributed by atoms with E-state index >= 15 is 0 Å². The van der Waals surface area contributed by atoms with Gasteiger partial charge in [-0.2, -0.15) is 0 Å². The van der Waals surface area contributed by atoms with Crippen molar-refractivity contribution in [1.29, 1.82) is 0 Å². The largest absolute Gasteiger partial charge is 0.398 e. The van der Waals surface area contributed by atoms with Crippen LogP contribution in [-0.4, -0.2) is 17.2 Å². The highest BCUT2D eigenvalue weighted by molar-refractivity contribution is 5.47. The van der Waals surface area contributed by atoms with Crippen molar-refractivity contribution >= 4 is 5.69 Å². The molecule has 19 heavy (non-hydrogen) atoms. The molecule has 2 rings (SSSR count). The smallest absolute Gasteiger partial charge is 0.0877 e. The third-order valence-electron chi connectivity index (χ3n) is 4.21. The van der Waals surface area contributed by atoms with Crippen LogP contribution in [0.15, 0.2) is 18.5 Å². The minimum absolute atomic E-state index is 0.205. The Morgan fingerprint density at radius 2 is 2.37 bits per heavy atom. The van der Waals surface area contributed by atoms with Crippen LogP contribution in [0.5, 0.6) is 0 Å². The van der Waals surface area contributed by atoms with E-state index in [0.717, 1.165) is 24.8 Å². The van der Waals surface area contributed by atoms with Crippen LogP contribution in [0.4, 0.5) is 5.69 Å². The number of nitrogens with two attached hydrogens (primary N) is 2. The Hall–Kier alpha value is -1.13. The van der Waals surface area contributed by atoms with Gasteiger partial charge in [-0.05, 0) is 31.7 Å². The number of hydrogen-bond donors (Lipinski definition) is 2. The van der Waals surface area contributed by atoms with Crippen molar-refractivity contribution in [2.75, 3.05) is 12.3 Å². The lowest BCUT2D eigenvalue weighted by atomic mass is 9.73. The van der Waals surface area contributed by atoms with E-state index in [1.165, 1.54) is 6.42 Å². The maximum Gasteiger partial charge on any atom is 0.0877 e. The zero-order valence-corrected chi connectivity index (χ0v) is 11.9. The van der Waals surface area contributed by atoms with Gasteiger partial charge < -0.3 is 16.2 Å². The van der Waals surface area contributed by atoms with E-state index in [-0.39, 0.29) is 11.6 Å². The third kappa shape index (κ3) is 2.90.